The summed E-state index contributed by atoms with van der Waals surface area (Å²) in [6.07, 6.45) is -20.5. The second-order valence-corrected chi connectivity index (χ2v) is 24.4. The maximum Gasteiger partial charge on any atom is 0.315 e. The smallest absolute Gasteiger partial charge is 0.315 e. The molecule has 416 valence electrons. The minimum Gasteiger partial charge on any atom is -0.432 e. The van der Waals surface area contributed by atoms with E-state index in [1.54, 1.807) is 0 Å². The summed E-state index contributed by atoms with van der Waals surface area (Å²) in [5, 5.41) is 128. The molecule has 0 aromatic carbocycles. The standard InChI is InChI=1S/C52H82O21/c1-22-10-15-52(47(65)73-45-39(63)36(60)33(57)27(19-53)68-45)17-16-50(6)24(25(52)18-22)8-9-30-49(5)13-12-31(48(3,4)29(49)11-14-51(30,50)7)70-43-40(64)41(26(55)21-66-43)71-46-42(37(61)34(58)28(20-54)69-46)72-44-38(62)35(59)32(56)23(2)67-44/h8,23,25-46,53-64H,1,9-21H2,2-7H3/t23-,25-,26-,27-,28-,29-,30+,31-,32-,33-,34-,35+,36+,37+,38-,39-,40-,41+,42-,43+,44+,45+,46+,49-,50+,51-,52-/m0/s1. The SMILES string of the molecule is C=C1CC[C@]2(C(=O)O[C@H]3O[C@@H](CO)[C@H](O)[C@@H](O)[C@@H]3O)CC[C@]3(C)C(=CC[C@@H]4[C@@]5(C)CC[C@H](O[C@H]6OC[C@H](O)[C@@H](O[C@H]7O[C@@H](CO)[C@H](O)[C@@H](O)[C@@H]7O[C@H]7O[C@@H](C)[C@H](O)[C@@H](O)[C@@H]7O)[C@@H]6O)C(C)(C)[C@@H]5CC[C@@]43C)[C@@H]2C1. The number of aliphatic hydroxyl groups excluding tert-OH is 12. The molecule has 0 amide bonds. The van der Waals surface area contributed by atoms with Gasteiger partial charge in [0, 0.05) is 5.92 Å². The first-order valence-electron chi connectivity index (χ1n) is 26.4. The van der Waals surface area contributed by atoms with Crippen LogP contribution in [0.3, 0.4) is 0 Å². The minimum absolute atomic E-state index is 0.161. The summed E-state index contributed by atoms with van der Waals surface area (Å²) in [6, 6.07) is 0. The summed E-state index contributed by atoms with van der Waals surface area (Å²) in [6.45, 7) is 15.7. The van der Waals surface area contributed by atoms with E-state index in [-0.39, 0.29) is 40.6 Å². The number of allylic oxidation sites excluding steroid dienone is 3. The number of hydrogen-bond acceptors (Lipinski definition) is 21. The molecular formula is C52H82O21. The van der Waals surface area contributed by atoms with Gasteiger partial charge < -0.3 is 99.2 Å². The van der Waals surface area contributed by atoms with Gasteiger partial charge >= 0.3 is 5.97 Å². The fraction of sp³-hybridized carbons (Fsp3) is 0.904. The molecule has 0 bridgehead atoms. The predicted octanol–water partition coefficient (Wildman–Crippen LogP) is -0.839. The van der Waals surface area contributed by atoms with Gasteiger partial charge in [-0.15, -0.1) is 0 Å². The number of esters is 1. The fourth-order valence-electron chi connectivity index (χ4n) is 15.8. The Hall–Kier alpha value is -1.81. The van der Waals surface area contributed by atoms with E-state index in [0.29, 0.717) is 38.5 Å². The molecule has 0 spiro atoms. The normalized spacial score (nSPS) is 54.0. The molecule has 4 saturated carbocycles. The number of ether oxygens (including phenoxy) is 8. The molecule has 0 unspecified atom stereocenters. The molecule has 4 saturated heterocycles. The van der Waals surface area contributed by atoms with Crippen LogP contribution < -0.4 is 0 Å². The number of hydrogen-bond donors (Lipinski definition) is 12. The second kappa shape index (κ2) is 20.4. The first-order chi connectivity index (χ1) is 34.3. The molecule has 21 heteroatoms. The van der Waals surface area contributed by atoms with Crippen molar-refractivity contribution in [2.75, 3.05) is 19.8 Å². The predicted molar refractivity (Wildman–Crippen MR) is 251 cm³/mol. The van der Waals surface area contributed by atoms with Crippen LogP contribution in [0.4, 0.5) is 0 Å². The lowest BCUT2D eigenvalue weighted by molar-refractivity contribution is -0.385. The van der Waals surface area contributed by atoms with Gasteiger partial charge in [0.25, 0.3) is 0 Å². The van der Waals surface area contributed by atoms with Gasteiger partial charge in [-0.2, -0.15) is 0 Å². The van der Waals surface area contributed by atoms with Gasteiger partial charge in [-0.05, 0) is 105 Å². The van der Waals surface area contributed by atoms with E-state index in [4.69, 9.17) is 37.9 Å². The van der Waals surface area contributed by atoms with Crippen molar-refractivity contribution in [2.45, 2.75) is 229 Å². The van der Waals surface area contributed by atoms with E-state index in [0.717, 1.165) is 31.3 Å². The van der Waals surface area contributed by atoms with Crippen LogP contribution in [-0.2, 0) is 42.7 Å². The molecule has 0 aromatic heterocycles. The van der Waals surface area contributed by atoms with Crippen LogP contribution >= 0.6 is 0 Å². The van der Waals surface area contributed by atoms with E-state index in [9.17, 15) is 66.1 Å². The minimum atomic E-state index is -1.81. The van der Waals surface area contributed by atoms with Gasteiger partial charge in [0.05, 0.1) is 37.4 Å². The van der Waals surface area contributed by atoms with Gasteiger partial charge in [0.2, 0.25) is 6.29 Å². The zero-order valence-electron chi connectivity index (χ0n) is 42.8. The van der Waals surface area contributed by atoms with Crippen molar-refractivity contribution >= 4 is 5.97 Å². The van der Waals surface area contributed by atoms with E-state index in [1.807, 2.05) is 0 Å². The Morgan fingerprint density at radius 3 is 1.97 bits per heavy atom. The molecule has 4 aliphatic heterocycles. The van der Waals surface area contributed by atoms with Crippen molar-refractivity contribution in [3.8, 4) is 0 Å². The van der Waals surface area contributed by atoms with Crippen LogP contribution in [0.1, 0.15) is 106 Å². The van der Waals surface area contributed by atoms with Crippen molar-refractivity contribution in [3.63, 3.8) is 0 Å². The lowest BCUT2D eigenvalue weighted by Crippen LogP contribution is -2.66. The molecule has 73 heavy (non-hydrogen) atoms. The zero-order valence-corrected chi connectivity index (χ0v) is 42.8. The molecule has 12 N–H and O–H groups in total. The van der Waals surface area contributed by atoms with Gasteiger partial charge in [-0.3, -0.25) is 4.79 Å². The number of carbonyl (C=O) groups is 1. The van der Waals surface area contributed by atoms with Crippen molar-refractivity contribution in [1.29, 1.82) is 0 Å². The van der Waals surface area contributed by atoms with Crippen LogP contribution in [-0.4, -0.2) is 210 Å². The topological polar surface area (TPSA) is 334 Å². The molecule has 9 aliphatic rings. The second-order valence-electron chi connectivity index (χ2n) is 24.4. The Balaban J connectivity index is 0.908. The lowest BCUT2D eigenvalue weighted by Gasteiger charge is -2.71. The maximum atomic E-state index is 14.6. The highest BCUT2D eigenvalue weighted by atomic mass is 16.8. The van der Waals surface area contributed by atoms with Crippen LogP contribution in [0.15, 0.2) is 23.8 Å². The van der Waals surface area contributed by atoms with Crippen LogP contribution in [0, 0.1) is 44.8 Å². The van der Waals surface area contributed by atoms with E-state index in [2.05, 4.69) is 47.3 Å². The van der Waals surface area contributed by atoms with Crippen molar-refractivity contribution in [2.24, 2.45) is 44.8 Å². The molecule has 21 nitrogen and oxygen atoms in total. The van der Waals surface area contributed by atoms with Crippen LogP contribution in [0.5, 0.6) is 0 Å². The molecular weight excluding hydrogens is 961 g/mol. The third-order valence-electron chi connectivity index (χ3n) is 20.4. The average molecular weight is 1040 g/mol. The lowest BCUT2D eigenvalue weighted by atomic mass is 9.34. The first kappa shape index (κ1) is 55.9. The largest absolute Gasteiger partial charge is 0.432 e. The average Bonchev–Trinajstić information content (AvgIpc) is 3.35. The molecule has 0 aromatic rings. The zero-order chi connectivity index (χ0) is 53.1. The Bertz CT molecular complexity index is 2040. The summed E-state index contributed by atoms with van der Waals surface area (Å²) in [5.74, 6) is -0.338. The monoisotopic (exact) mass is 1040 g/mol. The summed E-state index contributed by atoms with van der Waals surface area (Å²) < 4.78 is 47.7. The quantitative estimate of drug-likeness (QED) is 0.0721. The Morgan fingerprint density at radius 2 is 1.29 bits per heavy atom. The maximum absolute atomic E-state index is 14.6. The van der Waals surface area contributed by atoms with E-state index in [1.165, 1.54) is 12.5 Å². The third-order valence-corrected chi connectivity index (χ3v) is 20.4. The highest BCUT2D eigenvalue weighted by Crippen LogP contribution is 2.75. The van der Waals surface area contributed by atoms with Crippen molar-refractivity contribution in [3.05, 3.63) is 23.8 Å². The number of rotatable bonds is 10. The Kier molecular flexibility index (Phi) is 15.7. The molecule has 8 fully saturated rings. The van der Waals surface area contributed by atoms with Crippen molar-refractivity contribution < 1.29 is 104 Å². The van der Waals surface area contributed by atoms with Gasteiger partial charge in [-0.25, -0.2) is 0 Å². The molecule has 27 atom stereocenters. The highest BCUT2D eigenvalue weighted by molar-refractivity contribution is 5.79. The molecule has 9 rings (SSSR count). The number of carbonyl (C=O) groups excluding carboxylic acids is 1. The van der Waals surface area contributed by atoms with Gasteiger partial charge in [0.15, 0.2) is 18.9 Å². The molecule has 4 heterocycles. The third kappa shape index (κ3) is 9.02. The number of fused-ring (bicyclic) bond motifs is 7. The summed E-state index contributed by atoms with van der Waals surface area (Å²) in [5.41, 5.74) is 0.247. The first-order valence-corrected chi connectivity index (χ1v) is 26.4. The van der Waals surface area contributed by atoms with E-state index < -0.39 is 153 Å². The number of aliphatic hydroxyl groups is 12. The van der Waals surface area contributed by atoms with Gasteiger partial charge in [0.1, 0.15) is 85.5 Å². The van der Waals surface area contributed by atoms with Crippen molar-refractivity contribution in [1.82, 2.24) is 0 Å². The Morgan fingerprint density at radius 1 is 0.658 bits per heavy atom. The molecule has 0 radical (unpaired) electrons. The molecule has 5 aliphatic carbocycles. The van der Waals surface area contributed by atoms with Crippen LogP contribution in [0.2, 0.25) is 0 Å². The highest BCUT2D eigenvalue weighted by Gasteiger charge is 2.70. The summed E-state index contributed by atoms with van der Waals surface area (Å²) in [7, 11) is 0. The fourth-order valence-corrected chi connectivity index (χ4v) is 15.8. The Labute approximate surface area is 426 Å². The van der Waals surface area contributed by atoms with Crippen LogP contribution in [0.25, 0.3) is 0 Å². The summed E-state index contributed by atoms with van der Waals surface area (Å²) in [4.78, 5) is 14.6. The van der Waals surface area contributed by atoms with Gasteiger partial charge in [-0.1, -0.05) is 58.4 Å². The summed E-state index contributed by atoms with van der Waals surface area (Å²) >= 11 is 0. The van der Waals surface area contributed by atoms with E-state index >= 15 is 0 Å².